The van der Waals surface area contributed by atoms with Gasteiger partial charge < -0.3 is 5.11 Å². The van der Waals surface area contributed by atoms with Crippen LogP contribution in [0.1, 0.15) is 48.8 Å². The number of carboxylic acids is 1. The van der Waals surface area contributed by atoms with Gasteiger partial charge in [-0.15, -0.1) is 0 Å². The van der Waals surface area contributed by atoms with E-state index >= 15 is 0 Å². The maximum atomic E-state index is 12.7. The maximum absolute atomic E-state index is 12.7. The van der Waals surface area contributed by atoms with E-state index in [1.807, 2.05) is 0 Å². The molecule has 1 aliphatic carbocycles. The summed E-state index contributed by atoms with van der Waals surface area (Å²) >= 11 is 0. The Kier molecular flexibility index (Phi) is 3.37. The molecule has 0 aromatic heterocycles. The molecule has 0 radical (unpaired) electrons. The van der Waals surface area contributed by atoms with Gasteiger partial charge in [0.25, 0.3) is 6.43 Å². The van der Waals surface area contributed by atoms with Gasteiger partial charge in [0.05, 0.1) is 5.41 Å². The van der Waals surface area contributed by atoms with Crippen molar-refractivity contribution < 1.29 is 18.7 Å². The van der Waals surface area contributed by atoms with E-state index in [0.717, 1.165) is 18.4 Å². The third kappa shape index (κ3) is 2.00. The molecule has 2 rings (SSSR count). The van der Waals surface area contributed by atoms with Gasteiger partial charge in [-0.25, -0.2) is 8.78 Å². The predicted octanol–water partition coefficient (Wildman–Crippen LogP) is 3.83. The van der Waals surface area contributed by atoms with Crippen LogP contribution in [-0.2, 0) is 10.2 Å². The Balaban J connectivity index is 2.54. The fourth-order valence-corrected chi connectivity index (χ4v) is 2.87. The summed E-state index contributed by atoms with van der Waals surface area (Å²) in [5.41, 5.74) is 0.284. The summed E-state index contributed by atoms with van der Waals surface area (Å²) in [4.78, 5) is 11.6. The molecule has 1 aromatic rings. The molecule has 0 amide bonds. The Morgan fingerprint density at radius 2 is 1.94 bits per heavy atom. The zero-order chi connectivity index (χ0) is 13.3. The van der Waals surface area contributed by atoms with Crippen molar-refractivity contribution >= 4 is 5.97 Å². The van der Waals surface area contributed by atoms with Crippen LogP contribution < -0.4 is 0 Å². The van der Waals surface area contributed by atoms with Crippen molar-refractivity contribution in [1.29, 1.82) is 0 Å². The number of aryl methyl sites for hydroxylation is 1. The van der Waals surface area contributed by atoms with E-state index in [1.54, 1.807) is 13.0 Å². The third-order valence-corrected chi connectivity index (χ3v) is 3.90. The van der Waals surface area contributed by atoms with E-state index in [4.69, 9.17) is 0 Å². The predicted molar refractivity (Wildman–Crippen MR) is 63.9 cm³/mol. The smallest absolute Gasteiger partial charge is 0.314 e. The average molecular weight is 254 g/mol. The van der Waals surface area contributed by atoms with E-state index in [0.29, 0.717) is 18.4 Å². The SMILES string of the molecule is Cc1ccc(C(F)F)cc1C1(C(=O)O)CCCC1. The van der Waals surface area contributed by atoms with Gasteiger partial charge >= 0.3 is 5.97 Å². The van der Waals surface area contributed by atoms with E-state index in [-0.39, 0.29) is 5.56 Å². The number of halogens is 2. The van der Waals surface area contributed by atoms with Crippen LogP contribution in [0.2, 0.25) is 0 Å². The normalized spacial score (nSPS) is 18.2. The number of benzene rings is 1. The lowest BCUT2D eigenvalue weighted by Crippen LogP contribution is -2.33. The number of rotatable bonds is 3. The van der Waals surface area contributed by atoms with Crippen molar-refractivity contribution in [3.8, 4) is 0 Å². The van der Waals surface area contributed by atoms with Gasteiger partial charge in [-0.2, -0.15) is 0 Å². The summed E-state index contributed by atoms with van der Waals surface area (Å²) in [6.07, 6.45) is 0.192. The maximum Gasteiger partial charge on any atom is 0.314 e. The van der Waals surface area contributed by atoms with Gasteiger partial charge in [0.15, 0.2) is 0 Å². The minimum absolute atomic E-state index is 0.0943. The zero-order valence-electron chi connectivity index (χ0n) is 10.2. The van der Waals surface area contributed by atoms with Gasteiger partial charge in [0.1, 0.15) is 0 Å². The van der Waals surface area contributed by atoms with Gasteiger partial charge in [-0.1, -0.05) is 25.0 Å². The van der Waals surface area contributed by atoms with E-state index < -0.39 is 17.8 Å². The number of carbonyl (C=O) groups is 1. The summed E-state index contributed by atoms with van der Waals surface area (Å²) in [6, 6.07) is 4.34. The summed E-state index contributed by atoms with van der Waals surface area (Å²) in [5, 5.41) is 9.48. The van der Waals surface area contributed by atoms with Crippen molar-refractivity contribution in [2.75, 3.05) is 0 Å². The molecule has 4 heteroatoms. The molecule has 98 valence electrons. The van der Waals surface area contributed by atoms with E-state index in [2.05, 4.69) is 0 Å². The van der Waals surface area contributed by atoms with Crippen molar-refractivity contribution in [3.63, 3.8) is 0 Å². The second-order valence-corrected chi connectivity index (χ2v) is 4.97. The molecular formula is C14H16F2O2. The van der Waals surface area contributed by atoms with Gasteiger partial charge in [-0.3, -0.25) is 4.79 Å². The molecule has 1 saturated carbocycles. The second-order valence-electron chi connectivity index (χ2n) is 4.97. The third-order valence-electron chi connectivity index (χ3n) is 3.90. The lowest BCUT2D eigenvalue weighted by Gasteiger charge is -2.26. The standard InChI is InChI=1S/C14H16F2O2/c1-9-4-5-10(12(15)16)8-11(9)14(13(17)18)6-2-3-7-14/h4-5,8,12H,2-3,6-7H2,1H3,(H,17,18). The molecule has 0 spiro atoms. The minimum Gasteiger partial charge on any atom is -0.481 e. The number of carboxylic acid groups (broad SMARTS) is 1. The number of hydrogen-bond acceptors (Lipinski definition) is 1. The molecular weight excluding hydrogens is 238 g/mol. The van der Waals surface area contributed by atoms with Crippen LogP contribution in [0, 0.1) is 6.92 Å². The Morgan fingerprint density at radius 3 is 2.44 bits per heavy atom. The number of hydrogen-bond donors (Lipinski definition) is 1. The van der Waals surface area contributed by atoms with Crippen molar-refractivity contribution in [1.82, 2.24) is 0 Å². The molecule has 0 saturated heterocycles. The Hall–Kier alpha value is -1.45. The highest BCUT2D eigenvalue weighted by atomic mass is 19.3. The van der Waals surface area contributed by atoms with Crippen molar-refractivity contribution in [2.24, 2.45) is 0 Å². The molecule has 0 unspecified atom stereocenters. The zero-order valence-corrected chi connectivity index (χ0v) is 10.2. The van der Waals surface area contributed by atoms with Crippen LogP contribution in [0.3, 0.4) is 0 Å². The average Bonchev–Trinajstić information content (AvgIpc) is 2.79. The fraction of sp³-hybridized carbons (Fsp3) is 0.500. The summed E-state index contributed by atoms with van der Waals surface area (Å²) in [7, 11) is 0. The highest BCUT2D eigenvalue weighted by molar-refractivity contribution is 5.82. The van der Waals surface area contributed by atoms with Gasteiger partial charge in [0.2, 0.25) is 0 Å². The minimum atomic E-state index is -2.56. The molecule has 0 aliphatic heterocycles. The number of aliphatic carboxylic acids is 1. The highest BCUT2D eigenvalue weighted by Crippen LogP contribution is 2.43. The van der Waals surface area contributed by atoms with Crippen molar-refractivity contribution in [3.05, 3.63) is 34.9 Å². The largest absolute Gasteiger partial charge is 0.481 e. The summed E-state index contributed by atoms with van der Waals surface area (Å²) in [5.74, 6) is -0.894. The number of alkyl halides is 2. The molecule has 0 atom stereocenters. The molecule has 1 aromatic carbocycles. The molecule has 18 heavy (non-hydrogen) atoms. The Morgan fingerprint density at radius 1 is 1.33 bits per heavy atom. The van der Waals surface area contributed by atoms with E-state index in [9.17, 15) is 18.7 Å². The van der Waals surface area contributed by atoms with Gasteiger partial charge in [0, 0.05) is 5.56 Å². The fourth-order valence-electron chi connectivity index (χ4n) is 2.87. The summed E-state index contributed by atoms with van der Waals surface area (Å²) < 4.78 is 25.5. The first kappa shape index (κ1) is 13.0. The van der Waals surface area contributed by atoms with E-state index in [1.165, 1.54) is 12.1 Å². The highest BCUT2D eigenvalue weighted by Gasteiger charge is 2.43. The first-order valence-corrected chi connectivity index (χ1v) is 6.10. The molecule has 1 aliphatic rings. The lowest BCUT2D eigenvalue weighted by molar-refractivity contribution is -0.143. The van der Waals surface area contributed by atoms with Crippen LogP contribution in [0.5, 0.6) is 0 Å². The van der Waals surface area contributed by atoms with Crippen LogP contribution in [0.4, 0.5) is 8.78 Å². The molecule has 0 heterocycles. The first-order valence-electron chi connectivity index (χ1n) is 6.10. The topological polar surface area (TPSA) is 37.3 Å². The summed E-state index contributed by atoms with van der Waals surface area (Å²) in [6.45, 7) is 1.79. The van der Waals surface area contributed by atoms with Crippen LogP contribution in [-0.4, -0.2) is 11.1 Å². The Bertz CT molecular complexity index is 463. The Labute approximate surface area is 105 Å². The van der Waals surface area contributed by atoms with Crippen LogP contribution >= 0.6 is 0 Å². The molecule has 2 nitrogen and oxygen atoms in total. The van der Waals surface area contributed by atoms with Gasteiger partial charge in [-0.05, 0) is 37.0 Å². The first-order chi connectivity index (χ1) is 8.47. The molecule has 1 fully saturated rings. The quantitative estimate of drug-likeness (QED) is 0.890. The van der Waals surface area contributed by atoms with Crippen LogP contribution in [0.25, 0.3) is 0 Å². The molecule has 0 bridgehead atoms. The monoisotopic (exact) mass is 254 g/mol. The lowest BCUT2D eigenvalue weighted by atomic mass is 9.76. The van der Waals surface area contributed by atoms with Crippen LogP contribution in [0.15, 0.2) is 18.2 Å². The van der Waals surface area contributed by atoms with Crippen molar-refractivity contribution in [2.45, 2.75) is 44.4 Å². The second kappa shape index (κ2) is 4.67. The molecule has 1 N–H and O–H groups in total.